The number of rotatable bonds is 16. The van der Waals surface area contributed by atoms with Gasteiger partial charge < -0.3 is 25.6 Å². The molecule has 0 bridgehead atoms. The number of benzene rings is 3. The molecule has 0 unspecified atom stereocenters. The van der Waals surface area contributed by atoms with Crippen LogP contribution in [0.4, 0.5) is 17.8 Å². The summed E-state index contributed by atoms with van der Waals surface area (Å²) in [6, 6.07) is 31.2. The van der Waals surface area contributed by atoms with E-state index in [0.29, 0.717) is 36.7 Å². The Morgan fingerprint density at radius 1 is 0.820 bits per heavy atom. The third kappa shape index (κ3) is 9.52. The number of nitrogens with one attached hydrogen (secondary N) is 3. The first-order chi connectivity index (χ1) is 24.2. The van der Waals surface area contributed by atoms with Gasteiger partial charge in [-0.1, -0.05) is 103 Å². The Morgan fingerprint density at radius 3 is 1.70 bits per heavy atom. The van der Waals surface area contributed by atoms with Crippen LogP contribution in [0.3, 0.4) is 0 Å². The summed E-state index contributed by atoms with van der Waals surface area (Å²) in [5.74, 6) is 1.83. The predicted octanol–water partition coefficient (Wildman–Crippen LogP) is 7.06. The number of thioether (sulfide) groups is 1. The fourth-order valence-corrected chi connectivity index (χ4v) is 7.61. The lowest BCUT2D eigenvalue weighted by Gasteiger charge is -2.38. The van der Waals surface area contributed by atoms with Gasteiger partial charge in [0, 0.05) is 38.0 Å². The van der Waals surface area contributed by atoms with Crippen LogP contribution in [-0.4, -0.2) is 70.5 Å². The second-order valence-electron chi connectivity index (χ2n) is 13.2. The Morgan fingerprint density at radius 2 is 1.28 bits per heavy atom. The zero-order chi connectivity index (χ0) is 35.4. The Balaban J connectivity index is 1.39. The summed E-state index contributed by atoms with van der Waals surface area (Å²) >= 11 is 1.76. The van der Waals surface area contributed by atoms with Gasteiger partial charge in [-0.2, -0.15) is 15.0 Å². The van der Waals surface area contributed by atoms with Crippen LogP contribution in [0.15, 0.2) is 116 Å². The Hall–Kier alpha value is -4.67. The number of ether oxygens (including phenoxy) is 1. The number of carbonyl (C=O) groups excluding carboxylic acids is 1. The fraction of sp³-hybridized carbons (Fsp3) is 0.350. The van der Waals surface area contributed by atoms with Crippen molar-refractivity contribution in [3.05, 3.63) is 133 Å². The second kappa shape index (κ2) is 17.3. The highest BCUT2D eigenvalue weighted by molar-refractivity contribution is 8.00. The van der Waals surface area contributed by atoms with E-state index in [-0.39, 0.29) is 12.0 Å². The van der Waals surface area contributed by atoms with Gasteiger partial charge in [0.15, 0.2) is 0 Å². The molecule has 0 saturated carbocycles. The average molecular weight is 692 g/mol. The van der Waals surface area contributed by atoms with Crippen LogP contribution in [0.5, 0.6) is 0 Å². The van der Waals surface area contributed by atoms with Crippen LogP contribution in [0.1, 0.15) is 50.3 Å². The van der Waals surface area contributed by atoms with E-state index < -0.39 is 16.4 Å². The topological polar surface area (TPSA) is 104 Å². The number of aromatic nitrogens is 3. The molecule has 9 nitrogen and oxygen atoms in total. The zero-order valence-electron chi connectivity index (χ0n) is 29.3. The first-order valence-electron chi connectivity index (χ1n) is 17.2. The van der Waals surface area contributed by atoms with Crippen LogP contribution in [-0.2, 0) is 14.3 Å². The van der Waals surface area contributed by atoms with Crippen LogP contribution in [0.25, 0.3) is 0 Å². The molecule has 1 aliphatic heterocycles. The van der Waals surface area contributed by atoms with E-state index in [9.17, 15) is 4.79 Å². The molecule has 4 aromatic rings. The lowest BCUT2D eigenvalue weighted by Crippen LogP contribution is -2.52. The van der Waals surface area contributed by atoms with Crippen LogP contribution >= 0.6 is 11.8 Å². The van der Waals surface area contributed by atoms with Crippen molar-refractivity contribution in [2.24, 2.45) is 0 Å². The Kier molecular flexibility index (Phi) is 12.7. The number of piperidine rings is 1. The summed E-state index contributed by atoms with van der Waals surface area (Å²) in [4.78, 5) is 29.9. The van der Waals surface area contributed by atoms with Crippen molar-refractivity contribution in [3.8, 4) is 0 Å². The molecule has 0 radical (unpaired) electrons. The number of nitrogens with zero attached hydrogens (tertiary/aromatic N) is 4. The molecule has 1 aliphatic rings. The summed E-state index contributed by atoms with van der Waals surface area (Å²) in [5, 5.41) is 10.1. The van der Waals surface area contributed by atoms with E-state index in [2.05, 4.69) is 122 Å². The van der Waals surface area contributed by atoms with E-state index in [1.807, 2.05) is 39.0 Å². The number of esters is 1. The number of anilines is 3. The van der Waals surface area contributed by atoms with Crippen LogP contribution in [0.2, 0.25) is 0 Å². The van der Waals surface area contributed by atoms with Crippen molar-refractivity contribution in [1.29, 1.82) is 0 Å². The molecule has 0 spiro atoms. The molecule has 1 atom stereocenters. The summed E-state index contributed by atoms with van der Waals surface area (Å²) in [6.45, 7) is 15.8. The Labute approximate surface area is 301 Å². The van der Waals surface area contributed by atoms with Crippen molar-refractivity contribution in [2.75, 3.05) is 47.5 Å². The van der Waals surface area contributed by atoms with E-state index in [1.165, 1.54) is 0 Å². The lowest BCUT2D eigenvalue weighted by molar-refractivity contribution is -0.157. The molecule has 1 fully saturated rings. The van der Waals surface area contributed by atoms with Gasteiger partial charge in [0.05, 0.1) is 4.75 Å². The highest BCUT2D eigenvalue weighted by Gasteiger charge is 2.39. The lowest BCUT2D eigenvalue weighted by atomic mass is 9.84. The average Bonchev–Trinajstić information content (AvgIpc) is 3.13. The molecule has 3 aromatic carbocycles. The maximum atomic E-state index is 13.9. The smallest absolute Gasteiger partial charge is 0.324 e. The molecular formula is C40H49N7O2S. The number of hydrogen-bond donors (Lipinski definition) is 3. The van der Waals surface area contributed by atoms with E-state index in [4.69, 9.17) is 4.74 Å². The second-order valence-corrected chi connectivity index (χ2v) is 14.5. The number of hydrogen-bond acceptors (Lipinski definition) is 10. The minimum Gasteiger partial charge on any atom is -0.459 e. The van der Waals surface area contributed by atoms with Crippen molar-refractivity contribution < 1.29 is 9.53 Å². The molecule has 1 saturated heterocycles. The Bertz CT molecular complexity index is 1550. The van der Waals surface area contributed by atoms with Gasteiger partial charge in [-0.3, -0.25) is 4.79 Å². The molecule has 0 aliphatic carbocycles. The predicted molar refractivity (Wildman–Crippen MR) is 207 cm³/mol. The summed E-state index contributed by atoms with van der Waals surface area (Å²) in [7, 11) is 0. The maximum Gasteiger partial charge on any atom is 0.324 e. The molecule has 2 heterocycles. The fourth-order valence-electron chi connectivity index (χ4n) is 6.06. The molecule has 0 amide bonds. The van der Waals surface area contributed by atoms with Gasteiger partial charge in [0.1, 0.15) is 11.6 Å². The monoisotopic (exact) mass is 691 g/mol. The molecule has 3 N–H and O–H groups in total. The van der Waals surface area contributed by atoms with Crippen molar-refractivity contribution >= 4 is 35.6 Å². The van der Waals surface area contributed by atoms with Gasteiger partial charge >= 0.3 is 5.97 Å². The molecular weight excluding hydrogens is 643 g/mol. The minimum absolute atomic E-state index is 0.0995. The van der Waals surface area contributed by atoms with Gasteiger partial charge in [-0.05, 0) is 50.3 Å². The maximum absolute atomic E-state index is 13.9. The van der Waals surface area contributed by atoms with E-state index in [1.54, 1.807) is 23.9 Å². The van der Waals surface area contributed by atoms with Crippen molar-refractivity contribution in [2.45, 2.75) is 56.0 Å². The first-order valence-corrected chi connectivity index (χ1v) is 18.2. The molecule has 50 heavy (non-hydrogen) atoms. The van der Waals surface area contributed by atoms with E-state index in [0.717, 1.165) is 42.6 Å². The van der Waals surface area contributed by atoms with Crippen LogP contribution < -0.4 is 20.9 Å². The zero-order valence-corrected chi connectivity index (χ0v) is 30.2. The summed E-state index contributed by atoms with van der Waals surface area (Å²) in [5.41, 5.74) is 2.84. The number of carbonyl (C=O) groups is 1. The molecule has 1 aromatic heterocycles. The SMILES string of the molecule is C=CCNc1nc(NCC=C)nc(N2CCC(N[C@@H](CSC(c3ccccc3)(c3ccccc3)c3ccccc3)C(=O)OC(C)(C)C)CC2)n1. The van der Waals surface area contributed by atoms with Gasteiger partial charge in [0.25, 0.3) is 0 Å². The largest absolute Gasteiger partial charge is 0.459 e. The highest BCUT2D eigenvalue weighted by atomic mass is 32.2. The summed E-state index contributed by atoms with van der Waals surface area (Å²) in [6.07, 6.45) is 5.14. The minimum atomic E-state index is -0.617. The quantitative estimate of drug-likeness (QED) is 0.0643. The molecule has 10 heteroatoms. The molecule has 262 valence electrons. The third-order valence-corrected chi connectivity index (χ3v) is 9.99. The van der Waals surface area contributed by atoms with Crippen molar-refractivity contribution in [1.82, 2.24) is 20.3 Å². The normalized spacial score (nSPS) is 14.4. The summed E-state index contributed by atoms with van der Waals surface area (Å²) < 4.78 is 5.47. The van der Waals surface area contributed by atoms with Gasteiger partial charge in [-0.25, -0.2) is 0 Å². The molecule has 5 rings (SSSR count). The standard InChI is InChI=1S/C40H49N7O2S/c1-6-25-41-36-44-37(42-26-7-2)46-38(45-36)47-27-23-33(24-28-47)43-34(35(48)49-39(3,4)5)29-50-40(30-17-11-8-12-18-30,31-19-13-9-14-20-31)32-21-15-10-16-22-32/h6-22,33-34,43H,1-2,23-29H2,3-5H3,(H2,41,42,44,45,46)/t34-/m0/s1. The first kappa shape index (κ1) is 36.6. The highest BCUT2D eigenvalue weighted by Crippen LogP contribution is 2.48. The van der Waals surface area contributed by atoms with Crippen molar-refractivity contribution in [3.63, 3.8) is 0 Å². The van der Waals surface area contributed by atoms with Gasteiger partial charge in [-0.15, -0.1) is 24.9 Å². The van der Waals surface area contributed by atoms with Crippen LogP contribution in [0, 0.1) is 0 Å². The van der Waals surface area contributed by atoms with E-state index >= 15 is 0 Å². The third-order valence-electron chi connectivity index (χ3n) is 8.35. The van der Waals surface area contributed by atoms with Gasteiger partial charge in [0.2, 0.25) is 17.8 Å².